The molecule has 0 amide bonds. The van der Waals surface area contributed by atoms with E-state index >= 15 is 0 Å². The second kappa shape index (κ2) is 11.9. The molecule has 26 heavy (non-hydrogen) atoms. The zero-order valence-electron chi connectivity index (χ0n) is 17.0. The highest BCUT2D eigenvalue weighted by molar-refractivity contribution is 5.20. The van der Waals surface area contributed by atoms with Crippen LogP contribution in [0.1, 0.15) is 78.1 Å². The standard InChI is InChI=1S/C23H41NO2/c1-3-5-7-11-20(25)12-13-21-22-16-18(15-19(22)17-23(21)26)10-8-6-9-14-24-4-2/h12-13,15,19-26H,3-11,14,16-17H2,1-2H3/b13-12+/t19-,20-,21+,22-,23+/m0/s1. The van der Waals surface area contributed by atoms with Crippen molar-refractivity contribution in [3.05, 3.63) is 23.8 Å². The molecule has 0 radical (unpaired) electrons. The first kappa shape index (κ1) is 21.7. The van der Waals surface area contributed by atoms with Crippen LogP contribution in [0.25, 0.3) is 0 Å². The Labute approximate surface area is 161 Å². The molecular weight excluding hydrogens is 322 g/mol. The molecular formula is C23H41NO2. The third-order valence-electron chi connectivity index (χ3n) is 6.21. The summed E-state index contributed by atoms with van der Waals surface area (Å²) >= 11 is 0. The summed E-state index contributed by atoms with van der Waals surface area (Å²) < 4.78 is 0. The molecule has 0 aliphatic heterocycles. The van der Waals surface area contributed by atoms with Gasteiger partial charge in [0.05, 0.1) is 12.2 Å². The Morgan fingerprint density at radius 3 is 2.81 bits per heavy atom. The fraction of sp³-hybridized carbons (Fsp3) is 0.826. The van der Waals surface area contributed by atoms with Crippen LogP contribution < -0.4 is 5.32 Å². The highest BCUT2D eigenvalue weighted by atomic mass is 16.3. The Kier molecular flexibility index (Phi) is 9.95. The van der Waals surface area contributed by atoms with Gasteiger partial charge in [-0.1, -0.05) is 63.3 Å². The summed E-state index contributed by atoms with van der Waals surface area (Å²) in [7, 11) is 0. The summed E-state index contributed by atoms with van der Waals surface area (Å²) in [6.45, 7) is 6.55. The Balaban J connectivity index is 1.72. The molecule has 0 aromatic rings. The molecule has 2 rings (SSSR count). The van der Waals surface area contributed by atoms with Crippen molar-refractivity contribution in [1.29, 1.82) is 0 Å². The predicted octanol–water partition coefficient (Wildman–Crippen LogP) is 4.60. The van der Waals surface area contributed by atoms with Gasteiger partial charge in [-0.25, -0.2) is 0 Å². The maximum atomic E-state index is 10.4. The minimum atomic E-state index is -0.349. The number of unbranched alkanes of at least 4 members (excludes halogenated alkanes) is 4. The number of nitrogens with one attached hydrogen (secondary N) is 1. The van der Waals surface area contributed by atoms with Gasteiger partial charge in [0.25, 0.3) is 0 Å². The number of hydrogen-bond acceptors (Lipinski definition) is 3. The van der Waals surface area contributed by atoms with Crippen LogP contribution in [0, 0.1) is 17.8 Å². The van der Waals surface area contributed by atoms with Gasteiger partial charge in [-0.3, -0.25) is 0 Å². The molecule has 3 nitrogen and oxygen atoms in total. The smallest absolute Gasteiger partial charge is 0.0721 e. The largest absolute Gasteiger partial charge is 0.392 e. The van der Waals surface area contributed by atoms with Gasteiger partial charge < -0.3 is 15.5 Å². The molecule has 0 bridgehead atoms. The molecule has 1 saturated carbocycles. The van der Waals surface area contributed by atoms with Gasteiger partial charge in [-0.05, 0) is 63.5 Å². The Hall–Kier alpha value is -0.640. The number of allylic oxidation sites excluding steroid dienone is 2. The third kappa shape index (κ3) is 6.83. The average molecular weight is 364 g/mol. The van der Waals surface area contributed by atoms with E-state index in [2.05, 4.69) is 31.3 Å². The molecule has 0 heterocycles. The molecule has 3 heteroatoms. The second-order valence-electron chi connectivity index (χ2n) is 8.35. The molecule has 150 valence electrons. The zero-order valence-corrected chi connectivity index (χ0v) is 17.0. The van der Waals surface area contributed by atoms with Crippen LogP contribution in [0.2, 0.25) is 0 Å². The zero-order chi connectivity index (χ0) is 18.8. The molecule has 2 aliphatic rings. The van der Waals surface area contributed by atoms with Gasteiger partial charge in [-0.15, -0.1) is 0 Å². The first-order valence-corrected chi connectivity index (χ1v) is 11.1. The minimum absolute atomic E-state index is 0.225. The van der Waals surface area contributed by atoms with Crippen molar-refractivity contribution in [3.63, 3.8) is 0 Å². The number of aliphatic hydroxyl groups excluding tert-OH is 2. The van der Waals surface area contributed by atoms with Crippen LogP contribution in [0.4, 0.5) is 0 Å². The minimum Gasteiger partial charge on any atom is -0.392 e. The van der Waals surface area contributed by atoms with E-state index < -0.39 is 0 Å². The van der Waals surface area contributed by atoms with Crippen LogP contribution >= 0.6 is 0 Å². The van der Waals surface area contributed by atoms with Crippen molar-refractivity contribution in [3.8, 4) is 0 Å². The van der Waals surface area contributed by atoms with Crippen molar-refractivity contribution in [1.82, 2.24) is 5.32 Å². The van der Waals surface area contributed by atoms with Crippen molar-refractivity contribution in [2.75, 3.05) is 13.1 Å². The summed E-state index contributed by atoms with van der Waals surface area (Å²) in [6, 6.07) is 0. The summed E-state index contributed by atoms with van der Waals surface area (Å²) in [4.78, 5) is 0. The normalized spacial score (nSPS) is 29.3. The highest BCUT2D eigenvalue weighted by Crippen LogP contribution is 2.48. The topological polar surface area (TPSA) is 52.5 Å². The first-order valence-electron chi connectivity index (χ1n) is 11.1. The lowest BCUT2D eigenvalue weighted by molar-refractivity contribution is 0.139. The van der Waals surface area contributed by atoms with E-state index in [4.69, 9.17) is 0 Å². The monoisotopic (exact) mass is 363 g/mol. The van der Waals surface area contributed by atoms with Gasteiger partial charge in [0, 0.05) is 5.92 Å². The van der Waals surface area contributed by atoms with Gasteiger partial charge in [0.1, 0.15) is 0 Å². The summed E-state index contributed by atoms with van der Waals surface area (Å²) in [5.74, 6) is 1.33. The lowest BCUT2D eigenvalue weighted by Gasteiger charge is -2.19. The summed E-state index contributed by atoms with van der Waals surface area (Å²) in [5.41, 5.74) is 1.61. The van der Waals surface area contributed by atoms with Gasteiger partial charge in [0.15, 0.2) is 0 Å². The molecule has 0 aromatic carbocycles. The number of fused-ring (bicyclic) bond motifs is 1. The molecule has 1 fully saturated rings. The maximum absolute atomic E-state index is 10.4. The Morgan fingerprint density at radius 2 is 2.04 bits per heavy atom. The van der Waals surface area contributed by atoms with E-state index in [0.717, 1.165) is 38.8 Å². The van der Waals surface area contributed by atoms with Crippen LogP contribution in [0.5, 0.6) is 0 Å². The Bertz CT molecular complexity index is 445. The van der Waals surface area contributed by atoms with E-state index in [1.807, 2.05) is 6.08 Å². The van der Waals surface area contributed by atoms with E-state index in [0.29, 0.717) is 11.8 Å². The van der Waals surface area contributed by atoms with Crippen LogP contribution in [-0.2, 0) is 0 Å². The molecule has 0 spiro atoms. The van der Waals surface area contributed by atoms with E-state index in [9.17, 15) is 10.2 Å². The van der Waals surface area contributed by atoms with E-state index in [-0.39, 0.29) is 18.1 Å². The Morgan fingerprint density at radius 1 is 1.19 bits per heavy atom. The van der Waals surface area contributed by atoms with Gasteiger partial charge in [0.2, 0.25) is 0 Å². The molecule has 5 atom stereocenters. The van der Waals surface area contributed by atoms with Crippen molar-refractivity contribution in [2.24, 2.45) is 17.8 Å². The third-order valence-corrected chi connectivity index (χ3v) is 6.21. The highest BCUT2D eigenvalue weighted by Gasteiger charge is 2.43. The lowest BCUT2D eigenvalue weighted by Crippen LogP contribution is -2.18. The fourth-order valence-electron chi connectivity index (χ4n) is 4.70. The lowest BCUT2D eigenvalue weighted by atomic mass is 9.88. The number of aliphatic hydroxyl groups is 2. The molecule has 0 saturated heterocycles. The molecule has 3 N–H and O–H groups in total. The van der Waals surface area contributed by atoms with Crippen molar-refractivity contribution >= 4 is 0 Å². The summed E-state index contributed by atoms with van der Waals surface area (Å²) in [6.07, 6.45) is 17.4. The van der Waals surface area contributed by atoms with E-state index in [1.165, 1.54) is 38.5 Å². The molecule has 0 aromatic heterocycles. The molecule has 2 aliphatic carbocycles. The predicted molar refractivity (Wildman–Crippen MR) is 110 cm³/mol. The van der Waals surface area contributed by atoms with Gasteiger partial charge >= 0.3 is 0 Å². The average Bonchev–Trinajstić information content (AvgIpc) is 3.13. The first-order chi connectivity index (χ1) is 12.7. The van der Waals surface area contributed by atoms with E-state index in [1.54, 1.807) is 5.57 Å². The van der Waals surface area contributed by atoms with Crippen molar-refractivity contribution < 1.29 is 10.2 Å². The quantitative estimate of drug-likeness (QED) is 0.331. The van der Waals surface area contributed by atoms with Crippen LogP contribution in [0.3, 0.4) is 0 Å². The number of hydrogen-bond donors (Lipinski definition) is 3. The SMILES string of the molecule is CCCCC[C@H](O)/C=C/[C@@H]1[C@H]2CC(CCCCCNCC)=C[C@H]2C[C@H]1O. The second-order valence-corrected chi connectivity index (χ2v) is 8.35. The van der Waals surface area contributed by atoms with Gasteiger partial charge in [-0.2, -0.15) is 0 Å². The fourth-order valence-corrected chi connectivity index (χ4v) is 4.70. The summed E-state index contributed by atoms with van der Waals surface area (Å²) in [5, 5.41) is 24.0. The van der Waals surface area contributed by atoms with Crippen molar-refractivity contribution in [2.45, 2.75) is 90.3 Å². The van der Waals surface area contributed by atoms with Crippen LogP contribution in [0.15, 0.2) is 23.8 Å². The van der Waals surface area contributed by atoms with Crippen LogP contribution in [-0.4, -0.2) is 35.5 Å². The maximum Gasteiger partial charge on any atom is 0.0721 e. The number of rotatable bonds is 13. The molecule has 0 unspecified atom stereocenters.